The third kappa shape index (κ3) is 3.46. The average molecular weight is 385 g/mol. The van der Waals surface area contributed by atoms with Crippen LogP contribution in [0.15, 0.2) is 18.2 Å². The van der Waals surface area contributed by atoms with Crippen molar-refractivity contribution in [2.24, 2.45) is 0 Å². The van der Waals surface area contributed by atoms with Gasteiger partial charge < -0.3 is 15.0 Å². The second kappa shape index (κ2) is 7.35. The number of nitrogens with zero attached hydrogens (tertiary/aromatic N) is 1. The van der Waals surface area contributed by atoms with Crippen LogP contribution in [0, 0.1) is 6.92 Å². The van der Waals surface area contributed by atoms with E-state index in [1.807, 2.05) is 0 Å². The third-order valence-electron chi connectivity index (χ3n) is 5.35. The van der Waals surface area contributed by atoms with E-state index in [0.717, 1.165) is 49.9 Å². The maximum atomic E-state index is 12.7. The van der Waals surface area contributed by atoms with Crippen molar-refractivity contribution >= 4 is 33.9 Å². The Morgan fingerprint density at radius 2 is 2.07 bits per heavy atom. The first kappa shape index (κ1) is 18.0. The third-order valence-corrected chi connectivity index (χ3v) is 6.56. The van der Waals surface area contributed by atoms with Gasteiger partial charge in [0, 0.05) is 17.1 Å². The van der Waals surface area contributed by atoms with Crippen LogP contribution in [0.5, 0.6) is 0 Å². The second-order valence-electron chi connectivity index (χ2n) is 7.26. The Bertz CT molecular complexity index is 903. The molecule has 27 heavy (non-hydrogen) atoms. The molecule has 1 aromatic heterocycles. The van der Waals surface area contributed by atoms with E-state index < -0.39 is 0 Å². The quantitative estimate of drug-likeness (QED) is 0.816. The predicted octanol–water partition coefficient (Wildman–Crippen LogP) is 3.72. The van der Waals surface area contributed by atoms with Gasteiger partial charge in [-0.2, -0.15) is 0 Å². The summed E-state index contributed by atoms with van der Waals surface area (Å²) in [5, 5.41) is 3.62. The van der Waals surface area contributed by atoms with Gasteiger partial charge in [0.05, 0.1) is 19.2 Å². The molecule has 0 saturated carbocycles. The van der Waals surface area contributed by atoms with Crippen molar-refractivity contribution in [3.8, 4) is 0 Å². The van der Waals surface area contributed by atoms with Crippen molar-refractivity contribution in [2.45, 2.75) is 39.0 Å². The molecule has 1 aliphatic carbocycles. The van der Waals surface area contributed by atoms with Crippen molar-refractivity contribution in [3.63, 3.8) is 0 Å². The molecule has 0 spiro atoms. The van der Waals surface area contributed by atoms with Crippen LogP contribution in [0.2, 0.25) is 0 Å². The van der Waals surface area contributed by atoms with Crippen molar-refractivity contribution in [1.82, 2.24) is 0 Å². The molecule has 1 aromatic carbocycles. The molecule has 4 rings (SSSR count). The summed E-state index contributed by atoms with van der Waals surface area (Å²) in [7, 11) is 1.39. The summed E-state index contributed by atoms with van der Waals surface area (Å²) in [6.45, 7) is 3.25. The number of nitrogens with one attached hydrogen (secondary N) is 1. The molecule has 0 bridgehead atoms. The van der Waals surface area contributed by atoms with E-state index in [1.54, 1.807) is 0 Å². The highest BCUT2D eigenvalue weighted by molar-refractivity contribution is 7.17. The summed E-state index contributed by atoms with van der Waals surface area (Å²) >= 11 is 1.52. The van der Waals surface area contributed by atoms with Gasteiger partial charge in [-0.1, -0.05) is 17.7 Å². The fourth-order valence-corrected chi connectivity index (χ4v) is 5.41. The first-order chi connectivity index (χ1) is 13.1. The van der Waals surface area contributed by atoms with Gasteiger partial charge >= 0.3 is 5.97 Å². The number of benzene rings is 1. The van der Waals surface area contributed by atoms with Gasteiger partial charge in [0.2, 0.25) is 5.91 Å². The van der Waals surface area contributed by atoms with Crippen LogP contribution in [0.3, 0.4) is 0 Å². The first-order valence-electron chi connectivity index (χ1n) is 9.44. The molecule has 0 saturated heterocycles. The van der Waals surface area contributed by atoms with Crippen molar-refractivity contribution < 1.29 is 14.3 Å². The van der Waals surface area contributed by atoms with Gasteiger partial charge in [-0.3, -0.25) is 4.79 Å². The van der Waals surface area contributed by atoms with Gasteiger partial charge in [-0.25, -0.2) is 4.79 Å². The zero-order chi connectivity index (χ0) is 19.0. The van der Waals surface area contributed by atoms with Crippen LogP contribution in [0.1, 0.15) is 44.8 Å². The monoisotopic (exact) mass is 384 g/mol. The zero-order valence-electron chi connectivity index (χ0n) is 15.8. The summed E-state index contributed by atoms with van der Waals surface area (Å²) in [4.78, 5) is 28.3. The lowest BCUT2D eigenvalue weighted by Crippen LogP contribution is -2.36. The molecular formula is C21H24N2O3S. The van der Waals surface area contributed by atoms with Gasteiger partial charge in [0.25, 0.3) is 0 Å². The zero-order valence-corrected chi connectivity index (χ0v) is 16.6. The van der Waals surface area contributed by atoms with Crippen LogP contribution in [-0.2, 0) is 28.8 Å². The molecule has 1 aliphatic heterocycles. The van der Waals surface area contributed by atoms with Gasteiger partial charge in [0.15, 0.2) is 0 Å². The Balaban J connectivity index is 1.52. The standard InChI is InChI=1S/C21H24N2O3S/c1-13-8-9-16-14(11-13)5-4-10-23(16)12-18(24)22-20-19(21(25)26-2)15-6-3-7-17(15)27-20/h8-9,11H,3-7,10,12H2,1-2H3,(H,22,24). The SMILES string of the molecule is COC(=O)c1c(NC(=O)CN2CCCc3cc(C)ccc32)sc2c1CCC2. The summed E-state index contributed by atoms with van der Waals surface area (Å²) in [5.74, 6) is -0.447. The highest BCUT2D eigenvalue weighted by Crippen LogP contribution is 2.39. The van der Waals surface area contributed by atoms with Gasteiger partial charge in [-0.05, 0) is 56.2 Å². The molecular weight excluding hydrogens is 360 g/mol. The van der Waals surface area contributed by atoms with Crippen LogP contribution < -0.4 is 10.2 Å². The molecule has 6 heteroatoms. The molecule has 142 valence electrons. The number of thiophene rings is 1. The number of ether oxygens (including phenoxy) is 1. The smallest absolute Gasteiger partial charge is 0.341 e. The number of amides is 1. The number of hydrogen-bond acceptors (Lipinski definition) is 5. The Hall–Kier alpha value is -2.34. The fraction of sp³-hybridized carbons (Fsp3) is 0.429. The van der Waals surface area contributed by atoms with Crippen LogP contribution in [0.4, 0.5) is 10.7 Å². The lowest BCUT2D eigenvalue weighted by Gasteiger charge is -2.31. The molecule has 1 amide bonds. The van der Waals surface area contributed by atoms with Crippen molar-refractivity contribution in [2.75, 3.05) is 30.4 Å². The van der Waals surface area contributed by atoms with Gasteiger partial charge in [-0.15, -0.1) is 11.3 Å². The molecule has 5 nitrogen and oxygen atoms in total. The maximum absolute atomic E-state index is 12.7. The van der Waals surface area contributed by atoms with E-state index >= 15 is 0 Å². The fourth-order valence-electron chi connectivity index (χ4n) is 4.12. The summed E-state index contributed by atoms with van der Waals surface area (Å²) in [6.07, 6.45) is 5.01. The molecule has 0 fully saturated rings. The largest absolute Gasteiger partial charge is 0.465 e. The van der Waals surface area contributed by atoms with Gasteiger partial charge in [0.1, 0.15) is 5.00 Å². The normalized spacial score (nSPS) is 15.3. The minimum absolute atomic E-state index is 0.0894. The van der Waals surface area contributed by atoms with E-state index in [0.29, 0.717) is 17.1 Å². The second-order valence-corrected chi connectivity index (χ2v) is 8.36. The van der Waals surface area contributed by atoms with Crippen LogP contribution >= 0.6 is 11.3 Å². The number of carbonyl (C=O) groups is 2. The lowest BCUT2D eigenvalue weighted by atomic mass is 9.99. The van der Waals surface area contributed by atoms with Crippen LogP contribution in [-0.4, -0.2) is 32.1 Å². The van der Waals surface area contributed by atoms with E-state index in [2.05, 4.69) is 35.3 Å². The predicted molar refractivity (Wildman–Crippen MR) is 108 cm³/mol. The average Bonchev–Trinajstić information content (AvgIpc) is 3.21. The van der Waals surface area contributed by atoms with E-state index in [-0.39, 0.29) is 11.9 Å². The van der Waals surface area contributed by atoms with E-state index in [1.165, 1.54) is 34.5 Å². The van der Waals surface area contributed by atoms with Crippen molar-refractivity contribution in [1.29, 1.82) is 0 Å². The summed E-state index contributed by atoms with van der Waals surface area (Å²) in [5.41, 5.74) is 5.30. The Kier molecular flexibility index (Phi) is 4.91. The number of aryl methyl sites for hydroxylation is 3. The molecule has 0 atom stereocenters. The Morgan fingerprint density at radius 3 is 2.89 bits per heavy atom. The number of methoxy groups -OCH3 is 1. The molecule has 2 heterocycles. The molecule has 0 radical (unpaired) electrons. The lowest BCUT2D eigenvalue weighted by molar-refractivity contribution is -0.115. The molecule has 1 N–H and O–H groups in total. The molecule has 2 aliphatic rings. The Labute approximate surface area is 163 Å². The highest BCUT2D eigenvalue weighted by Gasteiger charge is 2.28. The van der Waals surface area contributed by atoms with E-state index in [9.17, 15) is 9.59 Å². The number of rotatable bonds is 4. The topological polar surface area (TPSA) is 58.6 Å². The minimum Gasteiger partial charge on any atom is -0.465 e. The number of fused-ring (bicyclic) bond motifs is 2. The number of carbonyl (C=O) groups excluding carboxylic acids is 2. The first-order valence-corrected chi connectivity index (χ1v) is 10.3. The summed E-state index contributed by atoms with van der Waals surface area (Å²) in [6, 6.07) is 6.41. The molecule has 2 aromatic rings. The highest BCUT2D eigenvalue weighted by atomic mass is 32.1. The van der Waals surface area contributed by atoms with E-state index in [4.69, 9.17) is 4.74 Å². The minimum atomic E-state index is -0.358. The van der Waals surface area contributed by atoms with Crippen LogP contribution in [0.25, 0.3) is 0 Å². The summed E-state index contributed by atoms with van der Waals surface area (Å²) < 4.78 is 4.96. The van der Waals surface area contributed by atoms with Crippen molar-refractivity contribution in [3.05, 3.63) is 45.3 Å². The molecule has 0 unspecified atom stereocenters. The maximum Gasteiger partial charge on any atom is 0.341 e. The number of esters is 1. The number of anilines is 2. The number of hydrogen-bond donors (Lipinski definition) is 1. The Morgan fingerprint density at radius 1 is 1.22 bits per heavy atom.